The van der Waals surface area contributed by atoms with Crippen molar-refractivity contribution in [2.24, 2.45) is 0 Å². The zero-order chi connectivity index (χ0) is 19.0. The lowest BCUT2D eigenvalue weighted by atomic mass is 10.2. The number of aromatic nitrogens is 1. The number of hydrogen-bond donors (Lipinski definition) is 0. The summed E-state index contributed by atoms with van der Waals surface area (Å²) in [5.74, 6) is 0.475. The van der Waals surface area contributed by atoms with Crippen LogP contribution in [0.15, 0.2) is 46.8 Å². The first-order chi connectivity index (χ1) is 13.1. The van der Waals surface area contributed by atoms with E-state index in [4.69, 9.17) is 4.74 Å². The number of para-hydroxylation sites is 1. The molecule has 5 nitrogen and oxygen atoms in total. The maximum absolute atomic E-state index is 12.9. The molecule has 0 N–H and O–H groups in total. The summed E-state index contributed by atoms with van der Waals surface area (Å²) in [5, 5.41) is -0.441. The number of anilines is 1. The van der Waals surface area contributed by atoms with Crippen LogP contribution >= 0.6 is 23.1 Å². The number of carbonyl (C=O) groups is 2. The van der Waals surface area contributed by atoms with E-state index in [9.17, 15) is 9.59 Å². The van der Waals surface area contributed by atoms with Crippen molar-refractivity contribution in [3.63, 3.8) is 0 Å². The number of thioether (sulfide) groups is 1. The Bertz CT molecular complexity index is 1030. The van der Waals surface area contributed by atoms with Gasteiger partial charge in [0, 0.05) is 6.42 Å². The highest BCUT2D eigenvalue weighted by atomic mass is 32.2. The molecule has 0 spiro atoms. The van der Waals surface area contributed by atoms with Crippen LogP contribution in [0.25, 0.3) is 10.2 Å². The second-order valence-electron chi connectivity index (χ2n) is 6.21. The third kappa shape index (κ3) is 3.44. The van der Waals surface area contributed by atoms with Crippen LogP contribution in [0.5, 0.6) is 5.75 Å². The van der Waals surface area contributed by atoms with Gasteiger partial charge in [0.05, 0.1) is 22.5 Å². The van der Waals surface area contributed by atoms with Crippen molar-refractivity contribution in [1.29, 1.82) is 0 Å². The highest BCUT2D eigenvalue weighted by Crippen LogP contribution is 2.38. The molecule has 0 radical (unpaired) electrons. The average molecular weight is 399 g/mol. The molecule has 0 aliphatic carbocycles. The van der Waals surface area contributed by atoms with E-state index in [1.165, 1.54) is 28.0 Å². The Balaban J connectivity index is 1.56. The number of ether oxygens (including phenoxy) is 1. The molecule has 2 amide bonds. The van der Waals surface area contributed by atoms with Crippen molar-refractivity contribution in [2.75, 3.05) is 11.5 Å². The summed E-state index contributed by atoms with van der Waals surface area (Å²) >= 11 is 2.88. The summed E-state index contributed by atoms with van der Waals surface area (Å²) in [5.41, 5.74) is 2.45. The fourth-order valence-electron chi connectivity index (χ4n) is 3.08. The Labute approximate surface area is 165 Å². The van der Waals surface area contributed by atoms with Crippen LogP contribution in [0.2, 0.25) is 0 Å². The molecule has 2 aromatic carbocycles. The first kappa shape index (κ1) is 18.0. The second-order valence-corrected chi connectivity index (χ2v) is 8.69. The highest BCUT2D eigenvalue weighted by molar-refractivity contribution is 8.02. The number of nitrogens with zero attached hydrogens (tertiary/aromatic N) is 2. The van der Waals surface area contributed by atoms with Gasteiger partial charge in [0.15, 0.2) is 4.34 Å². The van der Waals surface area contributed by atoms with Crippen molar-refractivity contribution < 1.29 is 14.3 Å². The molecule has 1 saturated heterocycles. The highest BCUT2D eigenvalue weighted by Gasteiger charge is 2.41. The van der Waals surface area contributed by atoms with Gasteiger partial charge in [0.1, 0.15) is 11.0 Å². The SMILES string of the molecule is CCOc1ccc2nc(S[C@@H]3CC(=O)N(c4ccccc4C)C3=O)sc2c1. The van der Waals surface area contributed by atoms with Gasteiger partial charge in [0.2, 0.25) is 11.8 Å². The molecule has 27 heavy (non-hydrogen) atoms. The lowest BCUT2D eigenvalue weighted by Gasteiger charge is -2.16. The van der Waals surface area contributed by atoms with E-state index in [2.05, 4.69) is 4.98 Å². The summed E-state index contributed by atoms with van der Waals surface area (Å²) in [4.78, 5) is 31.3. The lowest BCUT2D eigenvalue weighted by molar-refractivity contribution is -0.121. The van der Waals surface area contributed by atoms with E-state index in [0.717, 1.165) is 25.9 Å². The molecular weight excluding hydrogens is 380 g/mol. The van der Waals surface area contributed by atoms with Crippen LogP contribution in [0.4, 0.5) is 5.69 Å². The molecule has 7 heteroatoms. The zero-order valence-corrected chi connectivity index (χ0v) is 16.6. The number of aryl methyl sites for hydroxylation is 1. The van der Waals surface area contributed by atoms with E-state index < -0.39 is 5.25 Å². The van der Waals surface area contributed by atoms with Gasteiger partial charge in [-0.2, -0.15) is 0 Å². The number of fused-ring (bicyclic) bond motifs is 1. The van der Waals surface area contributed by atoms with Crippen LogP contribution in [-0.2, 0) is 9.59 Å². The predicted molar refractivity (Wildman–Crippen MR) is 109 cm³/mol. The van der Waals surface area contributed by atoms with Gasteiger partial charge < -0.3 is 4.74 Å². The Morgan fingerprint density at radius 2 is 2.07 bits per heavy atom. The maximum Gasteiger partial charge on any atom is 0.247 e. The van der Waals surface area contributed by atoms with Gasteiger partial charge in [-0.1, -0.05) is 30.0 Å². The summed E-state index contributed by atoms with van der Waals surface area (Å²) < 4.78 is 7.33. The maximum atomic E-state index is 12.9. The number of carbonyl (C=O) groups excluding carboxylic acids is 2. The molecule has 0 saturated carbocycles. The smallest absolute Gasteiger partial charge is 0.247 e. The Morgan fingerprint density at radius 1 is 1.26 bits per heavy atom. The van der Waals surface area contributed by atoms with E-state index in [-0.39, 0.29) is 18.2 Å². The fourth-order valence-corrected chi connectivity index (χ4v) is 5.44. The normalized spacial score (nSPS) is 17.1. The van der Waals surface area contributed by atoms with E-state index in [1.54, 1.807) is 0 Å². The molecule has 1 aromatic heterocycles. The van der Waals surface area contributed by atoms with Crippen molar-refractivity contribution >= 4 is 50.8 Å². The van der Waals surface area contributed by atoms with Crippen molar-refractivity contribution in [3.05, 3.63) is 48.0 Å². The minimum atomic E-state index is -0.441. The lowest BCUT2D eigenvalue weighted by Crippen LogP contribution is -2.31. The first-order valence-electron chi connectivity index (χ1n) is 8.69. The Morgan fingerprint density at radius 3 is 2.85 bits per heavy atom. The molecule has 0 unspecified atom stereocenters. The van der Waals surface area contributed by atoms with Crippen LogP contribution < -0.4 is 9.64 Å². The molecule has 0 bridgehead atoms. The minimum absolute atomic E-state index is 0.161. The number of imide groups is 1. The molecule has 3 aromatic rings. The summed E-state index contributed by atoms with van der Waals surface area (Å²) in [6.45, 7) is 4.46. The molecule has 4 rings (SSSR count). The third-order valence-electron chi connectivity index (χ3n) is 4.36. The number of rotatable bonds is 5. The van der Waals surface area contributed by atoms with Gasteiger partial charge in [-0.05, 0) is 43.7 Å². The quantitative estimate of drug-likeness (QED) is 0.595. The Kier molecular flexibility index (Phi) is 4.88. The molecule has 1 aliphatic rings. The fraction of sp³-hybridized carbons (Fsp3) is 0.250. The van der Waals surface area contributed by atoms with Crippen LogP contribution in [0.3, 0.4) is 0 Å². The van der Waals surface area contributed by atoms with Crippen LogP contribution in [0.1, 0.15) is 18.9 Å². The van der Waals surface area contributed by atoms with Gasteiger partial charge in [-0.15, -0.1) is 11.3 Å². The molecule has 1 atom stereocenters. The van der Waals surface area contributed by atoms with E-state index in [1.807, 2.05) is 56.3 Å². The number of hydrogen-bond acceptors (Lipinski definition) is 6. The van der Waals surface area contributed by atoms with Crippen molar-refractivity contribution in [1.82, 2.24) is 4.98 Å². The molecule has 2 heterocycles. The van der Waals surface area contributed by atoms with Gasteiger partial charge in [0.25, 0.3) is 0 Å². The van der Waals surface area contributed by atoms with Gasteiger partial charge in [-0.25, -0.2) is 9.88 Å². The second kappa shape index (κ2) is 7.32. The summed E-state index contributed by atoms with van der Waals surface area (Å²) in [6, 6.07) is 13.2. The molecular formula is C20H18N2O3S2. The summed E-state index contributed by atoms with van der Waals surface area (Å²) in [6.07, 6.45) is 0.192. The third-order valence-corrected chi connectivity index (χ3v) is 6.65. The molecule has 138 valence electrons. The monoisotopic (exact) mass is 398 g/mol. The predicted octanol–water partition coefficient (Wildman–Crippen LogP) is 4.43. The number of amides is 2. The van der Waals surface area contributed by atoms with E-state index in [0.29, 0.717) is 12.3 Å². The zero-order valence-electron chi connectivity index (χ0n) is 15.0. The van der Waals surface area contributed by atoms with Gasteiger partial charge in [-0.3, -0.25) is 9.59 Å². The summed E-state index contributed by atoms with van der Waals surface area (Å²) in [7, 11) is 0. The number of thiazole rings is 1. The van der Waals surface area contributed by atoms with Gasteiger partial charge >= 0.3 is 0 Å². The number of benzene rings is 2. The molecule has 1 aliphatic heterocycles. The minimum Gasteiger partial charge on any atom is -0.494 e. The van der Waals surface area contributed by atoms with Crippen LogP contribution in [-0.4, -0.2) is 28.7 Å². The van der Waals surface area contributed by atoms with Crippen molar-refractivity contribution in [3.8, 4) is 5.75 Å². The largest absolute Gasteiger partial charge is 0.494 e. The van der Waals surface area contributed by atoms with Crippen LogP contribution in [0, 0.1) is 6.92 Å². The van der Waals surface area contributed by atoms with E-state index >= 15 is 0 Å². The first-order valence-corrected chi connectivity index (χ1v) is 10.4. The Hall–Kier alpha value is -2.38. The average Bonchev–Trinajstić information content (AvgIpc) is 3.16. The molecule has 1 fully saturated rings. The standard InChI is InChI=1S/C20H18N2O3S2/c1-3-25-13-8-9-14-16(10-13)26-20(21-14)27-17-11-18(23)22(19(17)24)15-7-5-4-6-12(15)2/h4-10,17H,3,11H2,1-2H3/t17-/m1/s1. The topological polar surface area (TPSA) is 59.5 Å². The van der Waals surface area contributed by atoms with Crippen molar-refractivity contribution in [2.45, 2.75) is 29.9 Å².